The predicted octanol–water partition coefficient (Wildman–Crippen LogP) is 6.39. The molecule has 0 radical (unpaired) electrons. The lowest BCUT2D eigenvalue weighted by Gasteiger charge is -2.39. The van der Waals surface area contributed by atoms with E-state index in [4.69, 9.17) is 9.47 Å². The first-order valence-electron chi connectivity index (χ1n) is 18.0. The van der Waals surface area contributed by atoms with Crippen molar-refractivity contribution in [1.82, 2.24) is 19.7 Å². The van der Waals surface area contributed by atoms with E-state index in [0.29, 0.717) is 51.1 Å². The molecular formula is C40H51N5O5. The molecule has 3 heterocycles. The molecule has 50 heavy (non-hydrogen) atoms. The summed E-state index contributed by atoms with van der Waals surface area (Å²) in [6.45, 7) is 12.9. The van der Waals surface area contributed by atoms with E-state index in [1.807, 2.05) is 63.2 Å². The molecule has 2 saturated heterocycles. The zero-order valence-corrected chi connectivity index (χ0v) is 30.1. The molecule has 10 nitrogen and oxygen atoms in total. The number of ether oxygens (including phenoxy) is 2. The largest absolute Gasteiger partial charge is 0.478 e. The smallest absolute Gasteiger partial charge is 0.410 e. The first-order chi connectivity index (χ1) is 23.9. The van der Waals surface area contributed by atoms with Gasteiger partial charge < -0.3 is 29.1 Å². The molecule has 0 spiro atoms. The molecule has 2 aromatic carbocycles. The maximum Gasteiger partial charge on any atom is 0.410 e. The first kappa shape index (κ1) is 35.2. The van der Waals surface area contributed by atoms with E-state index in [-0.39, 0.29) is 23.8 Å². The Morgan fingerprint density at radius 1 is 0.840 bits per heavy atom. The van der Waals surface area contributed by atoms with E-state index >= 15 is 0 Å². The number of anilines is 1. The van der Waals surface area contributed by atoms with Crippen LogP contribution in [0.4, 0.5) is 10.5 Å². The van der Waals surface area contributed by atoms with Crippen LogP contribution in [0.1, 0.15) is 65.9 Å². The van der Waals surface area contributed by atoms with Gasteiger partial charge in [0.1, 0.15) is 11.4 Å². The molecule has 1 atom stereocenters. The number of piperazine rings is 1. The number of nitrogens with zero attached hydrogens (tertiary/aromatic N) is 5. The second-order valence-corrected chi connectivity index (χ2v) is 15.3. The standard InChI is InChI=1S/C40H51N5O5/c1-39(2,3)50-38(48)43-24-22-42(23-25-43)37(47)40(4,5)49-34-12-8-11-33(26-34)44-21-9-10-31(28-44)36(46)45(32-18-19-32)27-29-14-16-30(17-15-29)35-13-6-7-20-41-35/h6-8,11-17,20,26,31-32H,9-10,18-19,21-25,27-28H2,1-5H3/t31-/m1/s1. The summed E-state index contributed by atoms with van der Waals surface area (Å²) in [6.07, 6.45) is 5.36. The molecule has 3 aromatic rings. The minimum absolute atomic E-state index is 0.0842. The number of hydrogen-bond donors (Lipinski definition) is 0. The second kappa shape index (κ2) is 14.7. The monoisotopic (exact) mass is 681 g/mol. The Labute approximate surface area is 296 Å². The van der Waals surface area contributed by atoms with Gasteiger partial charge in [-0.05, 0) is 90.1 Å². The number of aromatic nitrogens is 1. The number of pyridine rings is 1. The summed E-state index contributed by atoms with van der Waals surface area (Å²) >= 11 is 0. The first-order valence-corrected chi connectivity index (χ1v) is 18.0. The van der Waals surface area contributed by atoms with Crippen LogP contribution >= 0.6 is 0 Å². The van der Waals surface area contributed by atoms with E-state index in [1.54, 1.807) is 29.8 Å². The van der Waals surface area contributed by atoms with Gasteiger partial charge in [-0.15, -0.1) is 0 Å². The Kier molecular flexibility index (Phi) is 10.4. The summed E-state index contributed by atoms with van der Waals surface area (Å²) in [4.78, 5) is 52.3. The van der Waals surface area contributed by atoms with Gasteiger partial charge in [0.15, 0.2) is 5.60 Å². The van der Waals surface area contributed by atoms with E-state index in [9.17, 15) is 14.4 Å². The Hall–Kier alpha value is -4.60. The minimum Gasteiger partial charge on any atom is -0.478 e. The van der Waals surface area contributed by atoms with E-state index in [1.165, 1.54) is 0 Å². The third-order valence-corrected chi connectivity index (χ3v) is 9.60. The molecule has 0 bridgehead atoms. The van der Waals surface area contributed by atoms with Crippen molar-refractivity contribution in [2.45, 2.75) is 84.1 Å². The van der Waals surface area contributed by atoms with Gasteiger partial charge in [0.2, 0.25) is 5.91 Å². The highest BCUT2D eigenvalue weighted by Gasteiger charge is 2.39. The molecule has 1 aromatic heterocycles. The Balaban J connectivity index is 1.05. The average Bonchev–Trinajstić information content (AvgIpc) is 3.96. The fraction of sp³-hybridized carbons (Fsp3) is 0.500. The summed E-state index contributed by atoms with van der Waals surface area (Å²) in [7, 11) is 0. The van der Waals surface area contributed by atoms with Crippen LogP contribution in [0.2, 0.25) is 0 Å². The van der Waals surface area contributed by atoms with Crippen molar-refractivity contribution in [1.29, 1.82) is 0 Å². The molecule has 6 rings (SSSR count). The van der Waals surface area contributed by atoms with Crippen molar-refractivity contribution in [2.24, 2.45) is 5.92 Å². The molecule has 3 amide bonds. The van der Waals surface area contributed by atoms with E-state index in [0.717, 1.165) is 54.7 Å². The van der Waals surface area contributed by atoms with Crippen molar-refractivity contribution in [3.63, 3.8) is 0 Å². The molecule has 10 heteroatoms. The number of rotatable bonds is 9. The summed E-state index contributed by atoms with van der Waals surface area (Å²) in [5, 5.41) is 0. The number of carbonyl (C=O) groups excluding carboxylic acids is 3. The van der Waals surface area contributed by atoms with Crippen LogP contribution in [0.15, 0.2) is 72.9 Å². The fourth-order valence-electron chi connectivity index (χ4n) is 6.81. The van der Waals surface area contributed by atoms with Gasteiger partial charge in [-0.3, -0.25) is 14.6 Å². The van der Waals surface area contributed by atoms with Crippen molar-refractivity contribution in [3.8, 4) is 17.0 Å². The zero-order valence-electron chi connectivity index (χ0n) is 30.1. The van der Waals surface area contributed by atoms with Crippen molar-refractivity contribution >= 4 is 23.6 Å². The highest BCUT2D eigenvalue weighted by Crippen LogP contribution is 2.34. The summed E-state index contributed by atoms with van der Waals surface area (Å²) in [5.74, 6) is 0.633. The topological polar surface area (TPSA) is 95.5 Å². The van der Waals surface area contributed by atoms with Crippen molar-refractivity contribution in [3.05, 3.63) is 78.5 Å². The van der Waals surface area contributed by atoms with Crippen LogP contribution < -0.4 is 9.64 Å². The fourth-order valence-corrected chi connectivity index (χ4v) is 6.81. The van der Waals surface area contributed by atoms with Gasteiger partial charge >= 0.3 is 6.09 Å². The maximum absolute atomic E-state index is 14.0. The van der Waals surface area contributed by atoms with Crippen molar-refractivity contribution in [2.75, 3.05) is 44.2 Å². The molecule has 2 aliphatic heterocycles. The number of benzene rings is 2. The lowest BCUT2D eigenvalue weighted by Crippen LogP contribution is -2.57. The van der Waals surface area contributed by atoms with Crippen LogP contribution in [0.3, 0.4) is 0 Å². The molecule has 1 saturated carbocycles. The SMILES string of the molecule is CC(C)(C)OC(=O)N1CCN(C(=O)C(C)(C)Oc2cccc(N3CCC[C@@H](C(=O)N(Cc4ccc(-c5ccccn5)cc4)C4CC4)C3)c2)CC1. The quantitative estimate of drug-likeness (QED) is 0.258. The zero-order chi connectivity index (χ0) is 35.5. The molecule has 1 aliphatic carbocycles. The van der Waals surface area contributed by atoms with Crippen LogP contribution in [0.5, 0.6) is 5.75 Å². The predicted molar refractivity (Wildman–Crippen MR) is 194 cm³/mol. The Bertz CT molecular complexity index is 1640. The second-order valence-electron chi connectivity index (χ2n) is 15.3. The molecule has 3 fully saturated rings. The number of amides is 3. The highest BCUT2D eigenvalue weighted by molar-refractivity contribution is 5.85. The lowest BCUT2D eigenvalue weighted by atomic mass is 9.95. The van der Waals surface area contributed by atoms with Crippen LogP contribution in [-0.2, 0) is 20.9 Å². The third kappa shape index (κ3) is 8.76. The third-order valence-electron chi connectivity index (χ3n) is 9.60. The molecule has 0 N–H and O–H groups in total. The molecule has 3 aliphatic rings. The van der Waals surface area contributed by atoms with Crippen molar-refractivity contribution < 1.29 is 23.9 Å². The van der Waals surface area contributed by atoms with Crippen LogP contribution in [0, 0.1) is 5.92 Å². The minimum atomic E-state index is -1.10. The van der Waals surface area contributed by atoms with Gasteiger partial charge in [-0.25, -0.2) is 4.79 Å². The normalized spacial score (nSPS) is 18.4. The molecular weight excluding hydrogens is 630 g/mol. The summed E-state index contributed by atoms with van der Waals surface area (Å²) < 4.78 is 11.8. The molecule has 0 unspecified atom stereocenters. The van der Waals surface area contributed by atoms with Gasteiger partial charge in [0, 0.05) is 75.4 Å². The maximum atomic E-state index is 14.0. The summed E-state index contributed by atoms with van der Waals surface area (Å²) in [5.41, 5.74) is 2.45. The highest BCUT2D eigenvalue weighted by atomic mass is 16.6. The number of piperidine rings is 1. The molecule has 266 valence electrons. The number of carbonyl (C=O) groups is 3. The Morgan fingerprint density at radius 2 is 1.56 bits per heavy atom. The van der Waals surface area contributed by atoms with Gasteiger partial charge in [-0.2, -0.15) is 0 Å². The average molecular weight is 682 g/mol. The van der Waals surface area contributed by atoms with Gasteiger partial charge in [0.05, 0.1) is 11.6 Å². The van der Waals surface area contributed by atoms with Gasteiger partial charge in [-0.1, -0.05) is 36.4 Å². The lowest BCUT2D eigenvalue weighted by molar-refractivity contribution is -0.147. The van der Waals surface area contributed by atoms with Gasteiger partial charge in [0.25, 0.3) is 5.91 Å². The van der Waals surface area contributed by atoms with E-state index < -0.39 is 11.2 Å². The van der Waals surface area contributed by atoms with Crippen LogP contribution in [0.25, 0.3) is 11.3 Å². The van der Waals surface area contributed by atoms with Crippen LogP contribution in [-0.4, -0.2) is 94.1 Å². The Morgan fingerprint density at radius 3 is 2.22 bits per heavy atom. The van der Waals surface area contributed by atoms with E-state index in [2.05, 4.69) is 39.0 Å². The summed E-state index contributed by atoms with van der Waals surface area (Å²) in [6, 6.07) is 22.5. The number of hydrogen-bond acceptors (Lipinski definition) is 7.